The fourth-order valence-electron chi connectivity index (χ4n) is 4.36. The molecular formula is C23H27N3O3S. The number of thiophene rings is 1. The van der Waals surface area contributed by atoms with E-state index in [1.165, 1.54) is 5.56 Å². The Hall–Kier alpha value is -2.67. The Bertz CT molecular complexity index is 929. The van der Waals surface area contributed by atoms with Crippen molar-refractivity contribution in [2.45, 2.75) is 57.0 Å². The molecule has 158 valence electrons. The summed E-state index contributed by atoms with van der Waals surface area (Å²) in [6, 6.07) is 11.8. The minimum Gasteiger partial charge on any atom is -0.344 e. The van der Waals surface area contributed by atoms with E-state index in [1.54, 1.807) is 11.3 Å². The van der Waals surface area contributed by atoms with Crippen molar-refractivity contribution in [3.05, 3.63) is 57.8 Å². The molecule has 1 aliphatic carbocycles. The molecule has 0 radical (unpaired) electrons. The Morgan fingerprint density at radius 1 is 1.10 bits per heavy atom. The van der Waals surface area contributed by atoms with Gasteiger partial charge in [0.05, 0.1) is 6.04 Å². The molecule has 1 unspecified atom stereocenters. The number of nitrogens with one attached hydrogen (secondary N) is 3. The third kappa shape index (κ3) is 3.99. The number of amides is 4. The molecule has 2 aromatic rings. The molecule has 1 aromatic heterocycles. The number of hydrogen-bond acceptors (Lipinski definition) is 4. The molecule has 1 saturated heterocycles. The van der Waals surface area contributed by atoms with Crippen LogP contribution in [0.2, 0.25) is 0 Å². The zero-order chi connectivity index (χ0) is 21.3. The summed E-state index contributed by atoms with van der Waals surface area (Å²) in [5.74, 6) is 0.0176. The number of rotatable bonds is 5. The van der Waals surface area contributed by atoms with E-state index in [-0.39, 0.29) is 23.8 Å². The summed E-state index contributed by atoms with van der Waals surface area (Å²) < 4.78 is 0. The molecule has 3 N–H and O–H groups in total. The first-order valence-electron chi connectivity index (χ1n) is 10.5. The zero-order valence-corrected chi connectivity index (χ0v) is 18.1. The summed E-state index contributed by atoms with van der Waals surface area (Å²) in [7, 11) is 0. The highest BCUT2D eigenvalue weighted by atomic mass is 32.1. The van der Waals surface area contributed by atoms with Crippen molar-refractivity contribution in [2.24, 2.45) is 5.92 Å². The van der Waals surface area contributed by atoms with Crippen LogP contribution in [-0.2, 0) is 9.59 Å². The lowest BCUT2D eigenvalue weighted by Crippen LogP contribution is -2.51. The summed E-state index contributed by atoms with van der Waals surface area (Å²) >= 11 is 1.63. The molecular weight excluding hydrogens is 398 g/mol. The van der Waals surface area contributed by atoms with Crippen LogP contribution in [0.5, 0.6) is 0 Å². The normalized spacial score (nSPS) is 24.6. The molecule has 1 atom stereocenters. The van der Waals surface area contributed by atoms with Crippen LogP contribution < -0.4 is 16.0 Å². The standard InChI is InChI=1S/C23H27N3O3S/c1-14(2)15-5-7-16(8-6-15)19(18-4-3-13-30-18)24-20(27)17-9-11-23(12-10-17)21(28)25-22(29)26-23/h3-8,13-14,17,19H,9-12H2,1-2H3,(H,24,27)(H2,25,26,28,29). The third-order valence-electron chi connectivity index (χ3n) is 6.28. The van der Waals surface area contributed by atoms with Crippen LogP contribution in [0, 0.1) is 5.92 Å². The second-order valence-corrected chi connectivity index (χ2v) is 9.52. The monoisotopic (exact) mass is 425 g/mol. The molecule has 6 nitrogen and oxygen atoms in total. The van der Waals surface area contributed by atoms with E-state index in [0.717, 1.165) is 10.4 Å². The van der Waals surface area contributed by atoms with Gasteiger partial charge >= 0.3 is 6.03 Å². The predicted octanol–water partition coefficient (Wildman–Crippen LogP) is 3.85. The van der Waals surface area contributed by atoms with Gasteiger partial charge in [-0.1, -0.05) is 44.2 Å². The summed E-state index contributed by atoms with van der Waals surface area (Å²) in [5.41, 5.74) is 1.49. The first-order chi connectivity index (χ1) is 14.4. The van der Waals surface area contributed by atoms with Crippen molar-refractivity contribution in [3.8, 4) is 0 Å². The van der Waals surface area contributed by atoms with E-state index in [0.29, 0.717) is 31.6 Å². The second kappa shape index (κ2) is 8.22. The molecule has 7 heteroatoms. The number of carbonyl (C=O) groups excluding carboxylic acids is 3. The van der Waals surface area contributed by atoms with Gasteiger partial charge in [-0.05, 0) is 54.2 Å². The van der Waals surface area contributed by atoms with Crippen LogP contribution in [0.3, 0.4) is 0 Å². The molecule has 2 fully saturated rings. The number of imide groups is 1. The van der Waals surface area contributed by atoms with Crippen LogP contribution in [0.15, 0.2) is 41.8 Å². The van der Waals surface area contributed by atoms with Gasteiger partial charge in [0.1, 0.15) is 5.54 Å². The fraction of sp³-hybridized carbons (Fsp3) is 0.435. The topological polar surface area (TPSA) is 87.3 Å². The third-order valence-corrected chi connectivity index (χ3v) is 7.21. The minimum atomic E-state index is -0.840. The molecule has 4 rings (SSSR count). The van der Waals surface area contributed by atoms with E-state index in [1.807, 2.05) is 17.5 Å². The van der Waals surface area contributed by atoms with E-state index in [4.69, 9.17) is 0 Å². The van der Waals surface area contributed by atoms with Gasteiger partial charge in [-0.2, -0.15) is 0 Å². The second-order valence-electron chi connectivity index (χ2n) is 8.54. The highest BCUT2D eigenvalue weighted by Crippen LogP contribution is 2.35. The SMILES string of the molecule is CC(C)c1ccc(C(NC(=O)C2CCC3(CC2)NC(=O)NC3=O)c2cccs2)cc1. The first-order valence-corrected chi connectivity index (χ1v) is 11.3. The van der Waals surface area contributed by atoms with Gasteiger partial charge in [0.2, 0.25) is 5.91 Å². The predicted molar refractivity (Wildman–Crippen MR) is 116 cm³/mol. The number of hydrogen-bond donors (Lipinski definition) is 3. The van der Waals surface area contributed by atoms with Crippen molar-refractivity contribution in [1.82, 2.24) is 16.0 Å². The van der Waals surface area contributed by atoms with Crippen molar-refractivity contribution < 1.29 is 14.4 Å². The summed E-state index contributed by atoms with van der Waals surface area (Å²) in [4.78, 5) is 37.9. The quantitative estimate of drug-likeness (QED) is 0.636. The largest absolute Gasteiger partial charge is 0.344 e. The Morgan fingerprint density at radius 2 is 1.77 bits per heavy atom. The minimum absolute atomic E-state index is 0.000850. The number of carbonyl (C=O) groups is 3. The highest BCUT2D eigenvalue weighted by Gasteiger charge is 2.49. The highest BCUT2D eigenvalue weighted by molar-refractivity contribution is 7.10. The van der Waals surface area contributed by atoms with Crippen LogP contribution in [-0.4, -0.2) is 23.4 Å². The zero-order valence-electron chi connectivity index (χ0n) is 17.2. The Labute approximate surface area is 180 Å². The summed E-state index contributed by atoms with van der Waals surface area (Å²) in [5, 5.41) is 10.3. The first kappa shape index (κ1) is 20.6. The van der Waals surface area contributed by atoms with Gasteiger partial charge in [-0.3, -0.25) is 14.9 Å². The summed E-state index contributed by atoms with van der Waals surface area (Å²) in [6.07, 6.45) is 2.11. The van der Waals surface area contributed by atoms with E-state index >= 15 is 0 Å². The number of benzene rings is 1. The van der Waals surface area contributed by atoms with Crippen LogP contribution >= 0.6 is 11.3 Å². The molecule has 1 aromatic carbocycles. The lowest BCUT2D eigenvalue weighted by Gasteiger charge is -2.34. The van der Waals surface area contributed by atoms with E-state index in [2.05, 4.69) is 54.1 Å². The van der Waals surface area contributed by atoms with Crippen molar-refractivity contribution >= 4 is 29.2 Å². The van der Waals surface area contributed by atoms with Crippen LogP contribution in [0.4, 0.5) is 4.79 Å². The molecule has 1 spiro atoms. The van der Waals surface area contributed by atoms with E-state index < -0.39 is 11.6 Å². The Kier molecular flexibility index (Phi) is 5.64. The van der Waals surface area contributed by atoms with Crippen molar-refractivity contribution in [2.75, 3.05) is 0 Å². The number of urea groups is 1. The molecule has 0 bridgehead atoms. The van der Waals surface area contributed by atoms with Gasteiger partial charge < -0.3 is 10.6 Å². The molecule has 30 heavy (non-hydrogen) atoms. The van der Waals surface area contributed by atoms with Gasteiger partial charge in [0.25, 0.3) is 5.91 Å². The van der Waals surface area contributed by atoms with Crippen molar-refractivity contribution in [1.29, 1.82) is 0 Å². The lowest BCUT2D eigenvalue weighted by molar-refractivity contribution is -0.130. The molecule has 4 amide bonds. The van der Waals surface area contributed by atoms with E-state index in [9.17, 15) is 14.4 Å². The molecule has 1 saturated carbocycles. The van der Waals surface area contributed by atoms with Crippen LogP contribution in [0.1, 0.15) is 67.5 Å². The maximum atomic E-state index is 13.1. The van der Waals surface area contributed by atoms with Crippen molar-refractivity contribution in [3.63, 3.8) is 0 Å². The van der Waals surface area contributed by atoms with Gasteiger partial charge in [-0.25, -0.2) is 4.79 Å². The molecule has 2 heterocycles. The van der Waals surface area contributed by atoms with Crippen LogP contribution in [0.25, 0.3) is 0 Å². The summed E-state index contributed by atoms with van der Waals surface area (Å²) in [6.45, 7) is 4.33. The maximum absolute atomic E-state index is 13.1. The smallest absolute Gasteiger partial charge is 0.322 e. The average Bonchev–Trinajstić information content (AvgIpc) is 3.35. The Morgan fingerprint density at radius 3 is 2.30 bits per heavy atom. The fourth-order valence-corrected chi connectivity index (χ4v) is 5.16. The molecule has 2 aliphatic rings. The van der Waals surface area contributed by atoms with Gasteiger partial charge in [-0.15, -0.1) is 11.3 Å². The van der Waals surface area contributed by atoms with Gasteiger partial charge in [0.15, 0.2) is 0 Å². The van der Waals surface area contributed by atoms with Gasteiger partial charge in [0, 0.05) is 10.8 Å². The molecule has 1 aliphatic heterocycles. The lowest BCUT2D eigenvalue weighted by atomic mass is 9.76. The average molecular weight is 426 g/mol. The Balaban J connectivity index is 1.47. The maximum Gasteiger partial charge on any atom is 0.322 e.